The number of hydrogen-bond acceptors (Lipinski definition) is 5. The van der Waals surface area contributed by atoms with Crippen LogP contribution < -0.4 is 0 Å². The zero-order valence-electron chi connectivity index (χ0n) is 17.0. The van der Waals surface area contributed by atoms with Crippen LogP contribution in [0.4, 0.5) is 0 Å². The number of esters is 2. The van der Waals surface area contributed by atoms with Crippen LogP contribution in [0.3, 0.4) is 0 Å². The lowest BCUT2D eigenvalue weighted by Crippen LogP contribution is -2.40. The molecule has 2 aliphatic rings. The van der Waals surface area contributed by atoms with Crippen molar-refractivity contribution in [1.29, 1.82) is 0 Å². The van der Waals surface area contributed by atoms with E-state index in [1.54, 1.807) is 4.90 Å². The van der Waals surface area contributed by atoms with Gasteiger partial charge >= 0.3 is 11.9 Å². The van der Waals surface area contributed by atoms with Gasteiger partial charge in [0.25, 0.3) is 0 Å². The monoisotopic (exact) mass is 365 g/mol. The van der Waals surface area contributed by atoms with E-state index in [4.69, 9.17) is 9.47 Å². The van der Waals surface area contributed by atoms with Gasteiger partial charge in [-0.25, -0.2) is 0 Å². The van der Waals surface area contributed by atoms with Crippen molar-refractivity contribution in [2.45, 2.75) is 72.5 Å². The second kappa shape index (κ2) is 7.05. The smallest absolute Gasteiger partial charge is 0.310 e. The molecule has 1 aliphatic carbocycles. The molecule has 0 aromatic rings. The third-order valence-corrected chi connectivity index (χ3v) is 4.55. The number of amides is 1. The molecule has 1 aliphatic heterocycles. The summed E-state index contributed by atoms with van der Waals surface area (Å²) in [6, 6.07) is 0. The molecule has 0 bridgehead atoms. The quantitative estimate of drug-likeness (QED) is 0.556. The zero-order chi connectivity index (χ0) is 19.9. The summed E-state index contributed by atoms with van der Waals surface area (Å²) in [4.78, 5) is 39.0. The largest absolute Gasteiger partial charge is 0.460 e. The molecule has 0 aromatic heterocycles. The van der Waals surface area contributed by atoms with E-state index < -0.39 is 23.0 Å². The first-order valence-corrected chi connectivity index (χ1v) is 9.18. The van der Waals surface area contributed by atoms with E-state index in [9.17, 15) is 14.4 Å². The van der Waals surface area contributed by atoms with Gasteiger partial charge in [0.15, 0.2) is 0 Å². The second-order valence-electron chi connectivity index (χ2n) is 9.27. The summed E-state index contributed by atoms with van der Waals surface area (Å²) >= 11 is 0. The number of carbonyl (C=O) groups is 3. The first kappa shape index (κ1) is 20.5. The van der Waals surface area contributed by atoms with E-state index in [1.807, 2.05) is 41.5 Å². The number of ether oxygens (including phenoxy) is 2. The molecule has 1 amide bonds. The van der Waals surface area contributed by atoms with Crippen LogP contribution in [0.5, 0.6) is 0 Å². The van der Waals surface area contributed by atoms with Gasteiger partial charge in [0.1, 0.15) is 11.2 Å². The van der Waals surface area contributed by atoms with E-state index in [-0.39, 0.29) is 17.8 Å². The van der Waals surface area contributed by atoms with Crippen molar-refractivity contribution < 1.29 is 23.9 Å². The Morgan fingerprint density at radius 3 is 1.42 bits per heavy atom. The molecule has 1 heterocycles. The molecule has 146 valence electrons. The van der Waals surface area contributed by atoms with E-state index >= 15 is 0 Å². The molecule has 0 radical (unpaired) electrons. The van der Waals surface area contributed by atoms with Crippen molar-refractivity contribution in [3.63, 3.8) is 0 Å². The Morgan fingerprint density at radius 1 is 0.808 bits per heavy atom. The standard InChI is InChI=1S/C20H31NO5/c1-12(22)21-10-13-8-15(17(23)25-19(2,3)4)16(9-14(13)11-21)18(24)26-20(5,6)7/h15-16H,8-11H2,1-7H3/t15-,16+. The van der Waals surface area contributed by atoms with E-state index in [0.29, 0.717) is 25.9 Å². The van der Waals surface area contributed by atoms with Crippen molar-refractivity contribution in [3.05, 3.63) is 11.1 Å². The van der Waals surface area contributed by atoms with Crippen molar-refractivity contribution in [1.82, 2.24) is 4.90 Å². The Labute approximate surface area is 155 Å². The van der Waals surface area contributed by atoms with Gasteiger partial charge in [0.2, 0.25) is 5.91 Å². The highest BCUT2D eigenvalue weighted by Crippen LogP contribution is 2.40. The highest BCUT2D eigenvalue weighted by Gasteiger charge is 2.44. The molecule has 6 heteroatoms. The molecule has 0 fully saturated rings. The Kier molecular flexibility index (Phi) is 5.54. The lowest BCUT2D eigenvalue weighted by molar-refractivity contribution is -0.173. The summed E-state index contributed by atoms with van der Waals surface area (Å²) in [5, 5.41) is 0. The van der Waals surface area contributed by atoms with Gasteiger partial charge < -0.3 is 14.4 Å². The molecule has 26 heavy (non-hydrogen) atoms. The zero-order valence-corrected chi connectivity index (χ0v) is 17.0. The molecule has 0 saturated carbocycles. The lowest BCUT2D eigenvalue weighted by Gasteiger charge is -2.33. The predicted octanol–water partition coefficient (Wildman–Crippen LogP) is 2.85. The molecular weight excluding hydrogens is 334 g/mol. The Hall–Kier alpha value is -1.85. The molecule has 0 spiro atoms. The van der Waals surface area contributed by atoms with Crippen molar-refractivity contribution >= 4 is 17.8 Å². The molecular formula is C20H31NO5. The van der Waals surface area contributed by atoms with Gasteiger partial charge in [0.05, 0.1) is 11.8 Å². The highest BCUT2D eigenvalue weighted by molar-refractivity contribution is 5.84. The maximum atomic E-state index is 12.8. The summed E-state index contributed by atoms with van der Waals surface area (Å²) in [6.45, 7) is 13.5. The van der Waals surface area contributed by atoms with Gasteiger partial charge in [-0.3, -0.25) is 14.4 Å². The fourth-order valence-electron chi connectivity index (χ4n) is 3.45. The molecule has 2 atom stereocenters. The average molecular weight is 365 g/mol. The SMILES string of the molecule is CC(=O)N1CC2=C(C[C@@H](C(=O)OC(C)(C)C)[C@@H](C(=O)OC(C)(C)C)C2)C1. The van der Waals surface area contributed by atoms with Gasteiger partial charge in [-0.05, 0) is 65.5 Å². The third kappa shape index (κ3) is 5.08. The number of nitrogens with zero attached hydrogens (tertiary/aromatic N) is 1. The highest BCUT2D eigenvalue weighted by atomic mass is 16.6. The van der Waals surface area contributed by atoms with Gasteiger partial charge in [-0.1, -0.05) is 0 Å². The van der Waals surface area contributed by atoms with Crippen LogP contribution in [-0.2, 0) is 23.9 Å². The Bertz CT molecular complexity index is 588. The molecule has 0 saturated heterocycles. The maximum Gasteiger partial charge on any atom is 0.310 e. The van der Waals surface area contributed by atoms with Crippen LogP contribution in [0.15, 0.2) is 11.1 Å². The first-order valence-electron chi connectivity index (χ1n) is 9.18. The minimum atomic E-state index is -0.620. The normalized spacial score (nSPS) is 23.6. The topological polar surface area (TPSA) is 72.9 Å². The Morgan fingerprint density at radius 2 is 1.15 bits per heavy atom. The van der Waals surface area contributed by atoms with E-state index in [0.717, 1.165) is 11.1 Å². The third-order valence-electron chi connectivity index (χ3n) is 4.55. The predicted molar refractivity (Wildman–Crippen MR) is 97.2 cm³/mol. The first-order chi connectivity index (χ1) is 11.8. The van der Waals surface area contributed by atoms with Gasteiger partial charge in [0, 0.05) is 20.0 Å². The summed E-state index contributed by atoms with van der Waals surface area (Å²) < 4.78 is 11.1. The number of carbonyl (C=O) groups excluding carboxylic acids is 3. The van der Waals surface area contributed by atoms with Crippen LogP contribution in [-0.4, -0.2) is 47.0 Å². The van der Waals surface area contributed by atoms with Gasteiger partial charge in [-0.2, -0.15) is 0 Å². The Balaban J connectivity index is 2.25. The van der Waals surface area contributed by atoms with Crippen LogP contribution in [0.2, 0.25) is 0 Å². The average Bonchev–Trinajstić information content (AvgIpc) is 2.85. The molecule has 0 aromatic carbocycles. The van der Waals surface area contributed by atoms with E-state index in [2.05, 4.69) is 0 Å². The molecule has 2 rings (SSSR count). The second-order valence-corrected chi connectivity index (χ2v) is 9.27. The van der Waals surface area contributed by atoms with Crippen LogP contribution >= 0.6 is 0 Å². The van der Waals surface area contributed by atoms with Crippen LogP contribution in [0.25, 0.3) is 0 Å². The molecule has 6 nitrogen and oxygen atoms in total. The van der Waals surface area contributed by atoms with Gasteiger partial charge in [-0.15, -0.1) is 0 Å². The van der Waals surface area contributed by atoms with Crippen molar-refractivity contribution in [2.24, 2.45) is 11.8 Å². The number of rotatable bonds is 2. The molecule has 0 N–H and O–H groups in total. The fraction of sp³-hybridized carbons (Fsp3) is 0.750. The van der Waals surface area contributed by atoms with Crippen molar-refractivity contribution in [3.8, 4) is 0 Å². The summed E-state index contributed by atoms with van der Waals surface area (Å²) in [5.74, 6) is -1.89. The van der Waals surface area contributed by atoms with Crippen LogP contribution in [0, 0.1) is 11.8 Å². The van der Waals surface area contributed by atoms with Crippen molar-refractivity contribution in [2.75, 3.05) is 13.1 Å². The summed E-state index contributed by atoms with van der Waals surface area (Å²) in [7, 11) is 0. The fourth-order valence-corrected chi connectivity index (χ4v) is 3.45. The lowest BCUT2D eigenvalue weighted by atomic mass is 9.76. The minimum Gasteiger partial charge on any atom is -0.460 e. The number of hydrogen-bond donors (Lipinski definition) is 0. The van der Waals surface area contributed by atoms with E-state index in [1.165, 1.54) is 6.92 Å². The summed E-state index contributed by atoms with van der Waals surface area (Å²) in [5.41, 5.74) is 0.920. The maximum absolute atomic E-state index is 12.8. The van der Waals surface area contributed by atoms with Crippen LogP contribution in [0.1, 0.15) is 61.3 Å². The minimum absolute atomic E-state index is 0.00189. The summed E-state index contributed by atoms with van der Waals surface area (Å²) in [6.07, 6.45) is 0.885. The molecule has 0 unspecified atom stereocenters.